The Labute approximate surface area is 122 Å². The smallest absolute Gasteiger partial charge is 0.249 e. The fourth-order valence-electron chi connectivity index (χ4n) is 1.70. The van der Waals surface area contributed by atoms with E-state index in [1.54, 1.807) is 7.11 Å². The van der Waals surface area contributed by atoms with E-state index in [0.717, 1.165) is 15.8 Å². The standard InChI is InChI=1S/C14H20BrNO3/c1-4-12(19-5-2)14(17)16-9-10-6-7-13(18-3)11(15)8-10/h6-8,12H,4-5,9H2,1-3H3,(H,16,17). The third kappa shape index (κ3) is 4.84. The van der Waals surface area contributed by atoms with E-state index in [9.17, 15) is 4.79 Å². The summed E-state index contributed by atoms with van der Waals surface area (Å²) in [7, 11) is 1.62. The maximum atomic E-state index is 11.9. The number of ether oxygens (including phenoxy) is 2. The monoisotopic (exact) mass is 329 g/mol. The lowest BCUT2D eigenvalue weighted by Gasteiger charge is -2.15. The molecule has 0 saturated carbocycles. The van der Waals surface area contributed by atoms with Crippen LogP contribution in [0.4, 0.5) is 0 Å². The second-order valence-electron chi connectivity index (χ2n) is 4.04. The molecule has 1 N–H and O–H groups in total. The lowest BCUT2D eigenvalue weighted by Crippen LogP contribution is -2.35. The molecule has 0 aliphatic rings. The fourth-order valence-corrected chi connectivity index (χ4v) is 2.29. The maximum absolute atomic E-state index is 11.9. The minimum absolute atomic E-state index is 0.0729. The molecule has 0 saturated heterocycles. The van der Waals surface area contributed by atoms with Crippen molar-refractivity contribution >= 4 is 21.8 Å². The summed E-state index contributed by atoms with van der Waals surface area (Å²) in [6.45, 7) is 4.84. The molecule has 0 spiro atoms. The Balaban J connectivity index is 2.56. The first-order chi connectivity index (χ1) is 9.12. The van der Waals surface area contributed by atoms with Gasteiger partial charge in [0, 0.05) is 13.2 Å². The predicted molar refractivity (Wildman–Crippen MR) is 78.2 cm³/mol. The van der Waals surface area contributed by atoms with Crippen molar-refractivity contribution in [1.29, 1.82) is 0 Å². The van der Waals surface area contributed by atoms with Crippen molar-refractivity contribution in [3.8, 4) is 5.75 Å². The van der Waals surface area contributed by atoms with Gasteiger partial charge in [0.15, 0.2) is 0 Å². The molecule has 0 radical (unpaired) electrons. The second kappa shape index (κ2) is 8.17. The van der Waals surface area contributed by atoms with Crippen molar-refractivity contribution in [2.75, 3.05) is 13.7 Å². The summed E-state index contributed by atoms with van der Waals surface area (Å²) < 4.78 is 11.4. The highest BCUT2D eigenvalue weighted by Gasteiger charge is 2.15. The molecule has 0 bridgehead atoms. The van der Waals surface area contributed by atoms with Gasteiger partial charge in [-0.15, -0.1) is 0 Å². The van der Waals surface area contributed by atoms with Crippen LogP contribution in [0, 0.1) is 0 Å². The van der Waals surface area contributed by atoms with Crippen LogP contribution in [-0.4, -0.2) is 25.7 Å². The molecule has 0 heterocycles. The minimum atomic E-state index is -0.369. The average molecular weight is 330 g/mol. The highest BCUT2D eigenvalue weighted by Crippen LogP contribution is 2.25. The maximum Gasteiger partial charge on any atom is 0.249 e. The van der Waals surface area contributed by atoms with E-state index < -0.39 is 0 Å². The molecule has 1 aromatic rings. The van der Waals surface area contributed by atoms with E-state index in [1.165, 1.54) is 0 Å². The van der Waals surface area contributed by atoms with Gasteiger partial charge < -0.3 is 14.8 Å². The van der Waals surface area contributed by atoms with Crippen molar-refractivity contribution in [3.05, 3.63) is 28.2 Å². The lowest BCUT2D eigenvalue weighted by molar-refractivity contribution is -0.132. The van der Waals surface area contributed by atoms with E-state index in [2.05, 4.69) is 21.2 Å². The number of halogens is 1. The van der Waals surface area contributed by atoms with Crippen LogP contribution in [0.1, 0.15) is 25.8 Å². The Morgan fingerprint density at radius 1 is 1.42 bits per heavy atom. The molecule has 0 aromatic heterocycles. The number of nitrogens with one attached hydrogen (secondary N) is 1. The van der Waals surface area contributed by atoms with Gasteiger partial charge in [-0.1, -0.05) is 13.0 Å². The molecule has 106 valence electrons. The topological polar surface area (TPSA) is 47.6 Å². The molecule has 4 nitrogen and oxygen atoms in total. The first-order valence-electron chi connectivity index (χ1n) is 6.34. The molecule has 0 aliphatic heterocycles. The largest absolute Gasteiger partial charge is 0.496 e. The van der Waals surface area contributed by atoms with Crippen LogP contribution in [0.5, 0.6) is 5.75 Å². The SMILES string of the molecule is CCOC(CC)C(=O)NCc1ccc(OC)c(Br)c1. The number of carbonyl (C=O) groups excluding carboxylic acids is 1. The molecular weight excluding hydrogens is 310 g/mol. The van der Waals surface area contributed by atoms with Gasteiger partial charge in [-0.25, -0.2) is 0 Å². The van der Waals surface area contributed by atoms with Crippen LogP contribution in [0.3, 0.4) is 0 Å². The van der Waals surface area contributed by atoms with E-state index in [1.807, 2.05) is 32.0 Å². The summed E-state index contributed by atoms with van der Waals surface area (Å²) in [5.41, 5.74) is 1.01. The Morgan fingerprint density at radius 3 is 2.68 bits per heavy atom. The van der Waals surface area contributed by atoms with Crippen molar-refractivity contribution in [1.82, 2.24) is 5.32 Å². The van der Waals surface area contributed by atoms with Crippen LogP contribution < -0.4 is 10.1 Å². The van der Waals surface area contributed by atoms with Gasteiger partial charge in [0.2, 0.25) is 5.91 Å². The molecule has 1 aromatic carbocycles. The zero-order chi connectivity index (χ0) is 14.3. The number of methoxy groups -OCH3 is 1. The lowest BCUT2D eigenvalue weighted by atomic mass is 10.2. The molecular formula is C14H20BrNO3. The first-order valence-corrected chi connectivity index (χ1v) is 7.13. The Morgan fingerprint density at radius 2 is 2.16 bits per heavy atom. The normalized spacial score (nSPS) is 12.0. The molecule has 1 unspecified atom stereocenters. The van der Waals surface area contributed by atoms with Crippen molar-refractivity contribution in [2.24, 2.45) is 0 Å². The molecule has 1 rings (SSSR count). The summed E-state index contributed by atoms with van der Waals surface area (Å²) in [5.74, 6) is 0.701. The number of rotatable bonds is 7. The number of carbonyl (C=O) groups is 1. The van der Waals surface area contributed by atoms with Gasteiger partial charge in [0.25, 0.3) is 0 Å². The summed E-state index contributed by atoms with van der Waals surface area (Å²) >= 11 is 3.42. The second-order valence-corrected chi connectivity index (χ2v) is 4.89. The third-order valence-corrected chi connectivity index (χ3v) is 3.33. The fraction of sp³-hybridized carbons (Fsp3) is 0.500. The number of amides is 1. The van der Waals surface area contributed by atoms with E-state index in [-0.39, 0.29) is 12.0 Å². The summed E-state index contributed by atoms with van der Waals surface area (Å²) in [5, 5.41) is 2.87. The predicted octanol–water partition coefficient (Wildman–Crippen LogP) is 2.89. The highest BCUT2D eigenvalue weighted by atomic mass is 79.9. The summed E-state index contributed by atoms with van der Waals surface area (Å²) in [6, 6.07) is 5.72. The summed E-state index contributed by atoms with van der Waals surface area (Å²) in [6.07, 6.45) is 0.304. The van der Waals surface area contributed by atoms with Gasteiger partial charge in [-0.05, 0) is 47.0 Å². The third-order valence-electron chi connectivity index (χ3n) is 2.71. The highest BCUT2D eigenvalue weighted by molar-refractivity contribution is 9.10. The van der Waals surface area contributed by atoms with Gasteiger partial charge >= 0.3 is 0 Å². The molecule has 5 heteroatoms. The Bertz CT molecular complexity index is 423. The quantitative estimate of drug-likeness (QED) is 0.836. The molecule has 0 aliphatic carbocycles. The van der Waals surface area contributed by atoms with Crippen LogP contribution in [-0.2, 0) is 16.1 Å². The number of benzene rings is 1. The van der Waals surface area contributed by atoms with Gasteiger partial charge in [-0.2, -0.15) is 0 Å². The zero-order valence-electron chi connectivity index (χ0n) is 11.5. The van der Waals surface area contributed by atoms with Crippen LogP contribution in [0.15, 0.2) is 22.7 Å². The molecule has 1 atom stereocenters. The average Bonchev–Trinajstić information content (AvgIpc) is 2.42. The van der Waals surface area contributed by atoms with Crippen LogP contribution in [0.25, 0.3) is 0 Å². The molecule has 0 fully saturated rings. The van der Waals surface area contributed by atoms with Crippen molar-refractivity contribution in [2.45, 2.75) is 32.9 Å². The molecule has 19 heavy (non-hydrogen) atoms. The van der Waals surface area contributed by atoms with E-state index in [0.29, 0.717) is 19.6 Å². The zero-order valence-corrected chi connectivity index (χ0v) is 13.1. The Hall–Kier alpha value is -1.07. The number of hydrogen-bond acceptors (Lipinski definition) is 3. The van der Waals surface area contributed by atoms with Gasteiger partial charge in [0.1, 0.15) is 11.9 Å². The number of hydrogen-bond donors (Lipinski definition) is 1. The van der Waals surface area contributed by atoms with Crippen molar-refractivity contribution in [3.63, 3.8) is 0 Å². The first kappa shape index (κ1) is 16.0. The minimum Gasteiger partial charge on any atom is -0.496 e. The van der Waals surface area contributed by atoms with E-state index >= 15 is 0 Å². The molecule has 1 amide bonds. The van der Waals surface area contributed by atoms with E-state index in [4.69, 9.17) is 9.47 Å². The van der Waals surface area contributed by atoms with Crippen LogP contribution >= 0.6 is 15.9 Å². The van der Waals surface area contributed by atoms with Gasteiger partial charge in [-0.3, -0.25) is 4.79 Å². The Kier molecular flexibility index (Phi) is 6.87. The van der Waals surface area contributed by atoms with Gasteiger partial charge in [0.05, 0.1) is 11.6 Å². The van der Waals surface area contributed by atoms with Crippen LogP contribution in [0.2, 0.25) is 0 Å². The van der Waals surface area contributed by atoms with Crippen molar-refractivity contribution < 1.29 is 14.3 Å². The summed E-state index contributed by atoms with van der Waals surface area (Å²) in [4.78, 5) is 11.9.